The Kier molecular flexibility index (Phi) is 4.91. The first-order valence-corrected chi connectivity index (χ1v) is 8.78. The van der Waals surface area contributed by atoms with Crippen LogP contribution in [0, 0.1) is 19.8 Å². The summed E-state index contributed by atoms with van der Waals surface area (Å²) in [5, 5.41) is 9.06. The van der Waals surface area contributed by atoms with Crippen molar-refractivity contribution in [3.05, 3.63) is 23.3 Å². The minimum atomic E-state index is -3.52. The number of piperidine rings is 1. The van der Waals surface area contributed by atoms with Crippen LogP contribution >= 0.6 is 0 Å². The number of hydrogen-bond acceptors (Lipinski definition) is 4. The zero-order valence-electron chi connectivity index (χ0n) is 12.7. The summed E-state index contributed by atoms with van der Waals surface area (Å²) in [5.74, 6) is 0.237. The third-order valence-corrected chi connectivity index (χ3v) is 6.27. The van der Waals surface area contributed by atoms with E-state index in [9.17, 15) is 8.42 Å². The van der Waals surface area contributed by atoms with E-state index in [2.05, 4.69) is 0 Å². The normalized spacial score (nSPS) is 20.6. The van der Waals surface area contributed by atoms with Gasteiger partial charge in [0.05, 0.1) is 4.90 Å². The average Bonchev–Trinajstić information content (AvgIpc) is 2.43. The molecule has 1 aliphatic heterocycles. The fourth-order valence-corrected chi connectivity index (χ4v) is 4.81. The molecule has 3 N–H and O–H groups in total. The molecule has 1 aliphatic rings. The fourth-order valence-electron chi connectivity index (χ4n) is 2.92. The van der Waals surface area contributed by atoms with Gasteiger partial charge in [-0.25, -0.2) is 8.42 Å². The molecule has 0 amide bonds. The fraction of sp³-hybridized carbons (Fsp3) is 0.600. The summed E-state index contributed by atoms with van der Waals surface area (Å²) in [5.41, 5.74) is 7.93. The highest BCUT2D eigenvalue weighted by atomic mass is 32.2. The SMILES string of the molecule is Cc1cc(N)cc(S(=O)(=O)N2CCCC(CCO)C2)c1C. The Hall–Kier alpha value is -1.11. The number of nitrogens with two attached hydrogens (primary N) is 1. The number of aryl methyl sites for hydroxylation is 1. The molecule has 1 unspecified atom stereocenters. The molecule has 1 aromatic carbocycles. The Morgan fingerprint density at radius 3 is 2.76 bits per heavy atom. The maximum Gasteiger partial charge on any atom is 0.243 e. The minimum absolute atomic E-state index is 0.106. The molecule has 2 rings (SSSR count). The Balaban J connectivity index is 2.34. The molecule has 1 heterocycles. The van der Waals surface area contributed by atoms with E-state index in [0.717, 1.165) is 24.0 Å². The van der Waals surface area contributed by atoms with Crippen LogP contribution in [0.4, 0.5) is 5.69 Å². The van der Waals surface area contributed by atoms with Gasteiger partial charge in [-0.15, -0.1) is 0 Å². The largest absolute Gasteiger partial charge is 0.399 e. The first-order chi connectivity index (χ1) is 9.86. The second-order valence-electron chi connectivity index (χ2n) is 5.84. The quantitative estimate of drug-likeness (QED) is 0.828. The van der Waals surface area contributed by atoms with Crippen molar-refractivity contribution in [3.8, 4) is 0 Å². The molecular formula is C15H24N2O3S. The number of hydrogen-bond donors (Lipinski definition) is 2. The van der Waals surface area contributed by atoms with Gasteiger partial charge in [-0.2, -0.15) is 4.31 Å². The zero-order valence-corrected chi connectivity index (χ0v) is 13.5. The molecule has 0 aliphatic carbocycles. The number of nitrogen functional groups attached to an aromatic ring is 1. The van der Waals surface area contributed by atoms with Gasteiger partial charge in [0.15, 0.2) is 0 Å². The minimum Gasteiger partial charge on any atom is -0.399 e. The molecule has 21 heavy (non-hydrogen) atoms. The van der Waals surface area contributed by atoms with Crippen LogP contribution in [0.3, 0.4) is 0 Å². The van der Waals surface area contributed by atoms with E-state index < -0.39 is 10.0 Å². The first kappa shape index (κ1) is 16.3. The summed E-state index contributed by atoms with van der Waals surface area (Å²) in [6, 6.07) is 3.34. The monoisotopic (exact) mass is 312 g/mol. The van der Waals surface area contributed by atoms with Crippen LogP contribution in [-0.4, -0.2) is 37.5 Å². The molecule has 0 bridgehead atoms. The van der Waals surface area contributed by atoms with Gasteiger partial charge in [-0.1, -0.05) is 0 Å². The maximum absolute atomic E-state index is 12.9. The molecule has 0 saturated carbocycles. The van der Waals surface area contributed by atoms with Gasteiger partial charge in [0.25, 0.3) is 0 Å². The van der Waals surface area contributed by atoms with E-state index in [1.54, 1.807) is 12.1 Å². The number of rotatable bonds is 4. The lowest BCUT2D eigenvalue weighted by molar-refractivity contribution is 0.203. The van der Waals surface area contributed by atoms with Crippen LogP contribution in [0.15, 0.2) is 17.0 Å². The lowest BCUT2D eigenvalue weighted by Gasteiger charge is -2.32. The van der Waals surface area contributed by atoms with Crippen molar-refractivity contribution >= 4 is 15.7 Å². The Morgan fingerprint density at radius 2 is 2.10 bits per heavy atom. The maximum atomic E-state index is 12.9. The highest BCUT2D eigenvalue weighted by molar-refractivity contribution is 7.89. The number of benzene rings is 1. The summed E-state index contributed by atoms with van der Waals surface area (Å²) in [7, 11) is -3.52. The molecule has 5 nitrogen and oxygen atoms in total. The van der Waals surface area contributed by atoms with Gasteiger partial charge < -0.3 is 10.8 Å². The topological polar surface area (TPSA) is 83.6 Å². The predicted octanol–water partition coefficient (Wildman–Crippen LogP) is 1.67. The summed E-state index contributed by atoms with van der Waals surface area (Å²) in [6.07, 6.45) is 2.46. The Morgan fingerprint density at radius 1 is 1.38 bits per heavy atom. The molecule has 0 radical (unpaired) electrons. The lowest BCUT2D eigenvalue weighted by Crippen LogP contribution is -2.40. The van der Waals surface area contributed by atoms with Gasteiger partial charge in [0, 0.05) is 25.4 Å². The standard InChI is InChI=1S/C15H24N2O3S/c1-11-8-14(16)9-15(12(11)2)21(19,20)17-6-3-4-13(10-17)5-7-18/h8-9,13,18H,3-7,10,16H2,1-2H3. The Labute approximate surface area is 126 Å². The second-order valence-corrected chi connectivity index (χ2v) is 7.75. The molecule has 0 spiro atoms. The summed E-state index contributed by atoms with van der Waals surface area (Å²) < 4.78 is 27.3. The highest BCUT2D eigenvalue weighted by Gasteiger charge is 2.31. The smallest absolute Gasteiger partial charge is 0.243 e. The second kappa shape index (κ2) is 6.34. The van der Waals surface area contributed by atoms with E-state index in [4.69, 9.17) is 10.8 Å². The average molecular weight is 312 g/mol. The van der Waals surface area contributed by atoms with Gasteiger partial charge >= 0.3 is 0 Å². The molecule has 1 aromatic rings. The van der Waals surface area contributed by atoms with Gasteiger partial charge in [0.2, 0.25) is 10.0 Å². The zero-order chi connectivity index (χ0) is 15.6. The number of sulfonamides is 1. The summed E-state index contributed by atoms with van der Waals surface area (Å²) in [6.45, 7) is 4.81. The van der Waals surface area contributed by atoms with Crippen molar-refractivity contribution in [3.63, 3.8) is 0 Å². The van der Waals surface area contributed by atoms with Crippen molar-refractivity contribution in [1.82, 2.24) is 4.31 Å². The lowest BCUT2D eigenvalue weighted by atomic mass is 9.97. The number of nitrogens with zero attached hydrogens (tertiary/aromatic N) is 1. The van der Waals surface area contributed by atoms with Crippen LogP contribution in [0.25, 0.3) is 0 Å². The molecule has 118 valence electrons. The third kappa shape index (κ3) is 3.39. The Bertz CT molecular complexity index is 612. The number of aliphatic hydroxyl groups excluding tert-OH is 1. The summed E-state index contributed by atoms with van der Waals surface area (Å²) in [4.78, 5) is 0.310. The molecule has 0 aromatic heterocycles. The van der Waals surface area contributed by atoms with Crippen molar-refractivity contribution in [2.75, 3.05) is 25.4 Å². The third-order valence-electron chi connectivity index (χ3n) is 4.28. The van der Waals surface area contributed by atoms with Gasteiger partial charge in [-0.3, -0.25) is 0 Å². The molecule has 1 fully saturated rings. The van der Waals surface area contributed by atoms with E-state index in [0.29, 0.717) is 30.1 Å². The van der Waals surface area contributed by atoms with Crippen molar-refractivity contribution in [2.45, 2.75) is 38.0 Å². The van der Waals surface area contributed by atoms with Gasteiger partial charge in [-0.05, 0) is 62.3 Å². The van der Waals surface area contributed by atoms with E-state index >= 15 is 0 Å². The molecular weight excluding hydrogens is 288 g/mol. The van der Waals surface area contributed by atoms with Crippen LogP contribution in [0.2, 0.25) is 0 Å². The molecule has 1 saturated heterocycles. The predicted molar refractivity (Wildman–Crippen MR) is 83.5 cm³/mol. The van der Waals surface area contributed by atoms with E-state index in [1.807, 2.05) is 13.8 Å². The van der Waals surface area contributed by atoms with Crippen molar-refractivity contribution in [2.24, 2.45) is 5.92 Å². The van der Waals surface area contributed by atoms with Crippen molar-refractivity contribution in [1.29, 1.82) is 0 Å². The summed E-state index contributed by atoms with van der Waals surface area (Å²) >= 11 is 0. The van der Waals surface area contributed by atoms with Crippen LogP contribution in [0.1, 0.15) is 30.4 Å². The number of anilines is 1. The van der Waals surface area contributed by atoms with Crippen LogP contribution in [-0.2, 0) is 10.0 Å². The van der Waals surface area contributed by atoms with E-state index in [-0.39, 0.29) is 12.5 Å². The first-order valence-electron chi connectivity index (χ1n) is 7.34. The van der Waals surface area contributed by atoms with Gasteiger partial charge in [0.1, 0.15) is 0 Å². The molecule has 1 atom stereocenters. The van der Waals surface area contributed by atoms with E-state index in [1.165, 1.54) is 4.31 Å². The van der Waals surface area contributed by atoms with Crippen LogP contribution in [0.5, 0.6) is 0 Å². The van der Waals surface area contributed by atoms with Crippen LogP contribution < -0.4 is 5.73 Å². The van der Waals surface area contributed by atoms with Crippen molar-refractivity contribution < 1.29 is 13.5 Å². The number of aliphatic hydroxyl groups is 1. The highest BCUT2D eigenvalue weighted by Crippen LogP contribution is 2.29. The molecule has 6 heteroatoms.